The Bertz CT molecular complexity index is 450. The topological polar surface area (TPSA) is 50.4 Å². The molecule has 19 heavy (non-hydrogen) atoms. The molecule has 1 aliphatic rings. The van der Waals surface area contributed by atoms with E-state index in [9.17, 15) is 9.18 Å². The van der Waals surface area contributed by atoms with Gasteiger partial charge in [0.05, 0.1) is 19.1 Å². The summed E-state index contributed by atoms with van der Waals surface area (Å²) in [5, 5.41) is 5.98. The molecule has 1 saturated heterocycles. The summed E-state index contributed by atoms with van der Waals surface area (Å²) >= 11 is 3.27. The highest BCUT2D eigenvalue weighted by molar-refractivity contribution is 9.10. The quantitative estimate of drug-likeness (QED) is 0.881. The molecule has 1 aromatic rings. The summed E-state index contributed by atoms with van der Waals surface area (Å²) < 4.78 is 19.0. The largest absolute Gasteiger partial charge is 0.375 e. The molecule has 1 aliphatic heterocycles. The van der Waals surface area contributed by atoms with Crippen molar-refractivity contribution in [3.63, 3.8) is 0 Å². The molecule has 6 heteroatoms. The van der Waals surface area contributed by atoms with Crippen molar-refractivity contribution in [1.29, 1.82) is 0 Å². The summed E-state index contributed by atoms with van der Waals surface area (Å²) in [7, 11) is 0. The summed E-state index contributed by atoms with van der Waals surface area (Å²) in [5.74, 6) is -0.367. The zero-order chi connectivity index (χ0) is 13.7. The van der Waals surface area contributed by atoms with Crippen LogP contribution in [0, 0.1) is 5.82 Å². The molecule has 0 aliphatic carbocycles. The molecule has 104 valence electrons. The van der Waals surface area contributed by atoms with E-state index >= 15 is 0 Å². The molecule has 0 saturated carbocycles. The van der Waals surface area contributed by atoms with Crippen LogP contribution in [0.2, 0.25) is 0 Å². The normalized spacial score (nSPS) is 19.2. The van der Waals surface area contributed by atoms with Gasteiger partial charge in [-0.05, 0) is 17.7 Å². The number of amides is 1. The van der Waals surface area contributed by atoms with Crippen molar-refractivity contribution in [1.82, 2.24) is 10.6 Å². The lowest BCUT2D eigenvalue weighted by Gasteiger charge is -2.23. The lowest BCUT2D eigenvalue weighted by Crippen LogP contribution is -2.41. The van der Waals surface area contributed by atoms with Crippen molar-refractivity contribution >= 4 is 21.8 Å². The number of nitrogens with one attached hydrogen (secondary N) is 2. The van der Waals surface area contributed by atoms with Crippen molar-refractivity contribution < 1.29 is 13.9 Å². The van der Waals surface area contributed by atoms with Gasteiger partial charge in [0, 0.05) is 24.1 Å². The van der Waals surface area contributed by atoms with Crippen LogP contribution in [-0.4, -0.2) is 31.7 Å². The van der Waals surface area contributed by atoms with Crippen LogP contribution in [0.5, 0.6) is 0 Å². The summed E-state index contributed by atoms with van der Waals surface area (Å²) in [6.45, 7) is 2.55. The van der Waals surface area contributed by atoms with Crippen LogP contribution in [0.15, 0.2) is 22.7 Å². The molecule has 1 atom stereocenters. The maximum absolute atomic E-state index is 12.9. The molecule has 4 nitrogen and oxygen atoms in total. The van der Waals surface area contributed by atoms with E-state index in [1.54, 1.807) is 6.07 Å². The van der Waals surface area contributed by atoms with Gasteiger partial charge >= 0.3 is 0 Å². The molecular formula is C13H16BrFN2O2. The van der Waals surface area contributed by atoms with Gasteiger partial charge in [0.25, 0.3) is 0 Å². The second kappa shape index (κ2) is 6.98. The first kappa shape index (κ1) is 14.4. The third kappa shape index (κ3) is 4.56. The standard InChI is InChI=1S/C13H16BrFN2O2/c14-12-5-10(15)2-1-9(12)7-17-13(18)6-11-8-16-3-4-19-11/h1-2,5,11,16H,3-4,6-8H2,(H,17,18). The van der Waals surface area contributed by atoms with E-state index in [4.69, 9.17) is 4.74 Å². The maximum atomic E-state index is 12.9. The van der Waals surface area contributed by atoms with Gasteiger partial charge in [0.15, 0.2) is 0 Å². The number of rotatable bonds is 4. The maximum Gasteiger partial charge on any atom is 0.222 e. The Morgan fingerprint density at radius 3 is 3.11 bits per heavy atom. The molecule has 2 N–H and O–H groups in total. The van der Waals surface area contributed by atoms with Crippen LogP contribution >= 0.6 is 15.9 Å². The van der Waals surface area contributed by atoms with Gasteiger partial charge in [-0.3, -0.25) is 4.79 Å². The number of morpholine rings is 1. The van der Waals surface area contributed by atoms with Crippen molar-refractivity contribution in [2.75, 3.05) is 19.7 Å². The number of ether oxygens (including phenoxy) is 1. The third-order valence-electron chi connectivity index (χ3n) is 2.91. The number of carbonyl (C=O) groups is 1. The molecule has 0 radical (unpaired) electrons. The molecule has 0 aromatic heterocycles. The minimum atomic E-state index is -0.302. The predicted octanol–water partition coefficient (Wildman–Crippen LogP) is 1.58. The first-order valence-corrected chi connectivity index (χ1v) is 6.97. The van der Waals surface area contributed by atoms with Crippen LogP contribution in [0.1, 0.15) is 12.0 Å². The summed E-state index contributed by atoms with van der Waals surface area (Å²) in [6.07, 6.45) is 0.275. The molecule has 1 heterocycles. The van der Waals surface area contributed by atoms with Gasteiger partial charge in [-0.25, -0.2) is 4.39 Å². The van der Waals surface area contributed by atoms with Crippen molar-refractivity contribution in [3.8, 4) is 0 Å². The van der Waals surface area contributed by atoms with Crippen LogP contribution in [0.25, 0.3) is 0 Å². The number of halogens is 2. The van der Waals surface area contributed by atoms with E-state index in [1.165, 1.54) is 12.1 Å². The molecular weight excluding hydrogens is 315 g/mol. The van der Waals surface area contributed by atoms with Gasteiger partial charge in [0.1, 0.15) is 5.82 Å². The first-order chi connectivity index (χ1) is 9.15. The van der Waals surface area contributed by atoms with Crippen molar-refractivity contribution in [2.45, 2.75) is 19.1 Å². The van der Waals surface area contributed by atoms with E-state index in [0.29, 0.717) is 30.6 Å². The number of benzene rings is 1. The minimum absolute atomic E-state index is 0.0644. The van der Waals surface area contributed by atoms with Crippen LogP contribution in [0.4, 0.5) is 4.39 Å². The molecule has 0 bridgehead atoms. The van der Waals surface area contributed by atoms with Crippen molar-refractivity contribution in [2.24, 2.45) is 0 Å². The third-order valence-corrected chi connectivity index (χ3v) is 3.65. The van der Waals surface area contributed by atoms with Gasteiger partial charge in [-0.1, -0.05) is 22.0 Å². The fourth-order valence-electron chi connectivity index (χ4n) is 1.89. The Kier molecular flexibility index (Phi) is 5.30. The van der Waals surface area contributed by atoms with Gasteiger partial charge in [-0.15, -0.1) is 0 Å². The fourth-order valence-corrected chi connectivity index (χ4v) is 2.38. The smallest absolute Gasteiger partial charge is 0.222 e. The first-order valence-electron chi connectivity index (χ1n) is 6.18. The van der Waals surface area contributed by atoms with Crippen LogP contribution in [-0.2, 0) is 16.1 Å². The fraction of sp³-hybridized carbons (Fsp3) is 0.462. The average Bonchev–Trinajstić information content (AvgIpc) is 2.39. The van der Waals surface area contributed by atoms with E-state index < -0.39 is 0 Å². The lowest BCUT2D eigenvalue weighted by molar-refractivity contribution is -0.124. The Morgan fingerprint density at radius 2 is 2.42 bits per heavy atom. The monoisotopic (exact) mass is 330 g/mol. The van der Waals surface area contributed by atoms with E-state index in [0.717, 1.165) is 12.1 Å². The highest BCUT2D eigenvalue weighted by Gasteiger charge is 2.17. The SMILES string of the molecule is O=C(CC1CNCCO1)NCc1ccc(F)cc1Br. The Hall–Kier alpha value is -0.980. The summed E-state index contributed by atoms with van der Waals surface area (Å²) in [5.41, 5.74) is 0.845. The molecule has 2 rings (SSSR count). The minimum Gasteiger partial charge on any atom is -0.375 e. The van der Waals surface area contributed by atoms with E-state index in [1.807, 2.05) is 0 Å². The van der Waals surface area contributed by atoms with Crippen LogP contribution < -0.4 is 10.6 Å². The predicted molar refractivity (Wildman–Crippen MR) is 73.2 cm³/mol. The summed E-state index contributed by atoms with van der Waals surface area (Å²) in [4.78, 5) is 11.8. The Labute approximate surface area is 119 Å². The van der Waals surface area contributed by atoms with Crippen molar-refractivity contribution in [3.05, 3.63) is 34.1 Å². The lowest BCUT2D eigenvalue weighted by atomic mass is 10.2. The summed E-state index contributed by atoms with van der Waals surface area (Å²) in [6, 6.07) is 4.41. The van der Waals surface area contributed by atoms with Gasteiger partial charge in [0.2, 0.25) is 5.91 Å². The second-order valence-corrected chi connectivity index (χ2v) is 5.27. The molecule has 1 fully saturated rings. The molecule has 1 aromatic carbocycles. The molecule has 1 amide bonds. The average molecular weight is 331 g/mol. The Morgan fingerprint density at radius 1 is 1.58 bits per heavy atom. The van der Waals surface area contributed by atoms with E-state index in [-0.39, 0.29) is 17.8 Å². The van der Waals surface area contributed by atoms with Gasteiger partial charge < -0.3 is 15.4 Å². The highest BCUT2D eigenvalue weighted by atomic mass is 79.9. The second-order valence-electron chi connectivity index (χ2n) is 4.41. The Balaban J connectivity index is 1.79. The zero-order valence-electron chi connectivity index (χ0n) is 10.4. The van der Waals surface area contributed by atoms with Crippen LogP contribution in [0.3, 0.4) is 0 Å². The number of carbonyl (C=O) groups excluding carboxylic acids is 1. The molecule has 1 unspecified atom stereocenters. The highest BCUT2D eigenvalue weighted by Crippen LogP contribution is 2.17. The molecule has 0 spiro atoms. The van der Waals surface area contributed by atoms with Gasteiger partial charge in [-0.2, -0.15) is 0 Å². The number of hydrogen-bond donors (Lipinski definition) is 2. The van der Waals surface area contributed by atoms with E-state index in [2.05, 4.69) is 26.6 Å². The number of hydrogen-bond acceptors (Lipinski definition) is 3. The zero-order valence-corrected chi connectivity index (χ0v) is 12.0.